The second-order valence-corrected chi connectivity index (χ2v) is 4.07. The van der Waals surface area contributed by atoms with E-state index in [1.54, 1.807) is 12.1 Å². The number of nitrogens with zero attached hydrogens (tertiary/aromatic N) is 2. The molecule has 1 aromatic heterocycles. The van der Waals surface area contributed by atoms with Gasteiger partial charge in [-0.15, -0.1) is 0 Å². The van der Waals surface area contributed by atoms with Crippen LogP contribution in [-0.2, 0) is 7.05 Å². The van der Waals surface area contributed by atoms with Gasteiger partial charge in [0, 0.05) is 19.3 Å². The van der Waals surface area contributed by atoms with Gasteiger partial charge in [0.15, 0.2) is 0 Å². The van der Waals surface area contributed by atoms with E-state index >= 15 is 0 Å². The molecule has 2 rings (SSSR count). The Labute approximate surface area is 113 Å². The maximum Gasteiger partial charge on any atom is 0.292 e. The van der Waals surface area contributed by atoms with Gasteiger partial charge in [-0.3, -0.25) is 19.7 Å². The topological polar surface area (TPSA) is 94.2 Å². The molecule has 0 aliphatic heterocycles. The number of benzene rings is 1. The number of amides is 1. The molecule has 1 N–H and O–H groups in total. The van der Waals surface area contributed by atoms with Crippen LogP contribution < -0.4 is 10.9 Å². The third kappa shape index (κ3) is 2.56. The predicted molar refractivity (Wildman–Crippen MR) is 72.7 cm³/mol. The number of carbonyl (C=O) groups is 1. The van der Waals surface area contributed by atoms with Crippen molar-refractivity contribution >= 4 is 17.3 Å². The number of anilines is 1. The molecule has 0 saturated carbocycles. The third-order valence-electron chi connectivity index (χ3n) is 2.72. The van der Waals surface area contributed by atoms with Crippen LogP contribution >= 0.6 is 0 Å². The normalized spacial score (nSPS) is 10.1. The van der Waals surface area contributed by atoms with E-state index in [0.717, 1.165) is 0 Å². The minimum atomic E-state index is -0.680. The molecule has 0 unspecified atom stereocenters. The van der Waals surface area contributed by atoms with Crippen molar-refractivity contribution < 1.29 is 9.72 Å². The molecule has 0 saturated heterocycles. The monoisotopic (exact) mass is 273 g/mol. The van der Waals surface area contributed by atoms with Crippen LogP contribution in [0.2, 0.25) is 0 Å². The first-order chi connectivity index (χ1) is 9.50. The van der Waals surface area contributed by atoms with Crippen molar-refractivity contribution in [2.45, 2.75) is 0 Å². The summed E-state index contributed by atoms with van der Waals surface area (Å²) in [6, 6.07) is 8.66. The molecule has 0 fully saturated rings. The van der Waals surface area contributed by atoms with Gasteiger partial charge in [-0.05, 0) is 18.2 Å². The molecule has 20 heavy (non-hydrogen) atoms. The molecule has 102 valence electrons. The summed E-state index contributed by atoms with van der Waals surface area (Å²) < 4.78 is 1.26. The lowest BCUT2D eigenvalue weighted by Gasteiger charge is -2.06. The Kier molecular flexibility index (Phi) is 3.60. The molecule has 0 spiro atoms. The summed E-state index contributed by atoms with van der Waals surface area (Å²) >= 11 is 0. The SMILES string of the molecule is Cn1cccc(C(=O)Nc2ccccc2[N+](=O)[O-])c1=O. The fourth-order valence-corrected chi connectivity index (χ4v) is 1.70. The van der Waals surface area contributed by atoms with E-state index in [-0.39, 0.29) is 16.9 Å². The lowest BCUT2D eigenvalue weighted by Crippen LogP contribution is -2.27. The van der Waals surface area contributed by atoms with Gasteiger partial charge in [-0.2, -0.15) is 0 Å². The van der Waals surface area contributed by atoms with E-state index in [1.165, 1.54) is 42.1 Å². The number of aryl methyl sites for hydroxylation is 1. The van der Waals surface area contributed by atoms with Crippen LogP contribution in [0.1, 0.15) is 10.4 Å². The van der Waals surface area contributed by atoms with E-state index in [0.29, 0.717) is 0 Å². The highest BCUT2D eigenvalue weighted by Crippen LogP contribution is 2.23. The van der Waals surface area contributed by atoms with Crippen LogP contribution in [0.3, 0.4) is 0 Å². The number of nitro groups is 1. The Bertz CT molecular complexity index is 736. The molecule has 1 aromatic carbocycles. The number of pyridine rings is 1. The largest absolute Gasteiger partial charge is 0.318 e. The van der Waals surface area contributed by atoms with Gasteiger partial charge in [-0.25, -0.2) is 0 Å². The number of rotatable bonds is 3. The highest BCUT2D eigenvalue weighted by atomic mass is 16.6. The van der Waals surface area contributed by atoms with Gasteiger partial charge in [0.25, 0.3) is 17.2 Å². The minimum Gasteiger partial charge on any atom is -0.318 e. The Morgan fingerprint density at radius 1 is 1.25 bits per heavy atom. The Hall–Kier alpha value is -2.96. The van der Waals surface area contributed by atoms with Gasteiger partial charge < -0.3 is 9.88 Å². The van der Waals surface area contributed by atoms with E-state index < -0.39 is 16.4 Å². The zero-order chi connectivity index (χ0) is 14.7. The van der Waals surface area contributed by atoms with Gasteiger partial charge in [0.1, 0.15) is 11.3 Å². The summed E-state index contributed by atoms with van der Waals surface area (Å²) in [7, 11) is 1.52. The van der Waals surface area contributed by atoms with Crippen molar-refractivity contribution in [2.75, 3.05) is 5.32 Å². The summed E-state index contributed by atoms with van der Waals surface area (Å²) in [6.45, 7) is 0. The first-order valence-corrected chi connectivity index (χ1v) is 5.71. The van der Waals surface area contributed by atoms with Crippen LogP contribution in [-0.4, -0.2) is 15.4 Å². The number of aromatic nitrogens is 1. The first-order valence-electron chi connectivity index (χ1n) is 5.71. The van der Waals surface area contributed by atoms with Crippen LogP contribution in [0.4, 0.5) is 11.4 Å². The smallest absolute Gasteiger partial charge is 0.292 e. The number of nitro benzene ring substituents is 1. The van der Waals surface area contributed by atoms with Crippen molar-refractivity contribution in [1.82, 2.24) is 4.57 Å². The standard InChI is InChI=1S/C13H11N3O4/c1-15-8-4-5-9(13(15)18)12(17)14-10-6-2-3-7-11(10)16(19)20/h2-8H,1H3,(H,14,17). The molecule has 0 bridgehead atoms. The summed E-state index contributed by atoms with van der Waals surface area (Å²) in [6.07, 6.45) is 1.52. The van der Waals surface area contributed by atoms with Crippen molar-refractivity contribution in [1.29, 1.82) is 0 Å². The number of para-hydroxylation sites is 2. The second kappa shape index (κ2) is 5.35. The molecule has 2 aromatic rings. The zero-order valence-electron chi connectivity index (χ0n) is 10.6. The van der Waals surface area contributed by atoms with Crippen molar-refractivity contribution in [3.63, 3.8) is 0 Å². The Morgan fingerprint density at radius 3 is 2.65 bits per heavy atom. The summed E-state index contributed by atoms with van der Waals surface area (Å²) in [5.74, 6) is -0.680. The quantitative estimate of drug-likeness (QED) is 0.678. The Balaban J connectivity index is 2.36. The van der Waals surface area contributed by atoms with Gasteiger partial charge in [0.2, 0.25) is 0 Å². The van der Waals surface area contributed by atoms with Crippen LogP contribution in [0, 0.1) is 10.1 Å². The first kappa shape index (κ1) is 13.5. The molecule has 7 nitrogen and oxygen atoms in total. The maximum absolute atomic E-state index is 12.0. The second-order valence-electron chi connectivity index (χ2n) is 4.07. The fraction of sp³-hybridized carbons (Fsp3) is 0.0769. The van der Waals surface area contributed by atoms with E-state index in [4.69, 9.17) is 0 Å². The molecule has 0 atom stereocenters. The van der Waals surface area contributed by atoms with Gasteiger partial charge >= 0.3 is 0 Å². The predicted octanol–water partition coefficient (Wildman–Crippen LogP) is 1.55. The van der Waals surface area contributed by atoms with Crippen LogP contribution in [0.5, 0.6) is 0 Å². The van der Waals surface area contributed by atoms with Gasteiger partial charge in [-0.1, -0.05) is 12.1 Å². The number of hydrogen-bond acceptors (Lipinski definition) is 4. The van der Waals surface area contributed by atoms with Crippen molar-refractivity contribution in [2.24, 2.45) is 7.05 Å². The zero-order valence-corrected chi connectivity index (χ0v) is 10.6. The number of hydrogen-bond donors (Lipinski definition) is 1. The molecule has 0 aliphatic carbocycles. The summed E-state index contributed by atoms with van der Waals surface area (Å²) in [4.78, 5) is 34.1. The average molecular weight is 273 g/mol. The molecule has 7 heteroatoms. The Morgan fingerprint density at radius 2 is 1.95 bits per heavy atom. The summed E-state index contributed by atoms with van der Waals surface area (Å²) in [5.41, 5.74) is -0.723. The maximum atomic E-state index is 12.0. The van der Waals surface area contributed by atoms with E-state index in [1.807, 2.05) is 0 Å². The molecular weight excluding hydrogens is 262 g/mol. The molecule has 0 aliphatic rings. The average Bonchev–Trinajstić information content (AvgIpc) is 2.42. The molecular formula is C13H11N3O4. The van der Waals surface area contributed by atoms with E-state index in [9.17, 15) is 19.7 Å². The lowest BCUT2D eigenvalue weighted by atomic mass is 10.2. The lowest BCUT2D eigenvalue weighted by molar-refractivity contribution is -0.383. The van der Waals surface area contributed by atoms with Crippen LogP contribution in [0.15, 0.2) is 47.4 Å². The minimum absolute atomic E-state index is 0.0495. The third-order valence-corrected chi connectivity index (χ3v) is 2.72. The van der Waals surface area contributed by atoms with Crippen molar-refractivity contribution in [3.8, 4) is 0 Å². The molecule has 1 heterocycles. The number of carbonyl (C=O) groups excluding carboxylic acids is 1. The van der Waals surface area contributed by atoms with Crippen molar-refractivity contribution in [3.05, 3.63) is 68.6 Å². The highest BCUT2D eigenvalue weighted by molar-refractivity contribution is 6.05. The molecule has 0 radical (unpaired) electrons. The van der Waals surface area contributed by atoms with E-state index in [2.05, 4.69) is 5.32 Å². The number of nitrogens with one attached hydrogen (secondary N) is 1. The molecule has 1 amide bonds. The highest BCUT2D eigenvalue weighted by Gasteiger charge is 2.17. The summed E-state index contributed by atoms with van der Waals surface area (Å²) in [5, 5.41) is 13.2. The van der Waals surface area contributed by atoms with Gasteiger partial charge in [0.05, 0.1) is 4.92 Å². The fourth-order valence-electron chi connectivity index (χ4n) is 1.70. The van der Waals surface area contributed by atoms with Crippen LogP contribution in [0.25, 0.3) is 0 Å².